The van der Waals surface area contributed by atoms with E-state index in [4.69, 9.17) is 14.2 Å². The van der Waals surface area contributed by atoms with Gasteiger partial charge in [-0.25, -0.2) is 4.79 Å². The third-order valence-corrected chi connectivity index (χ3v) is 6.71. The molecule has 0 aliphatic carbocycles. The molecule has 0 unspecified atom stereocenters. The van der Waals surface area contributed by atoms with Gasteiger partial charge < -0.3 is 48.3 Å². The van der Waals surface area contributed by atoms with Crippen molar-refractivity contribution in [1.29, 1.82) is 0 Å². The second-order valence-electron chi connectivity index (χ2n) is 10.0. The molecule has 0 spiro atoms. The van der Waals surface area contributed by atoms with Crippen molar-refractivity contribution < 1.29 is 51.5 Å². The molecule has 4 aliphatic heterocycles. The van der Waals surface area contributed by atoms with Crippen molar-refractivity contribution in [2.75, 3.05) is 26.9 Å². The van der Waals surface area contributed by atoms with Crippen LogP contribution in [0.5, 0.6) is 11.5 Å². The molecule has 4 heterocycles. The van der Waals surface area contributed by atoms with Crippen LogP contribution in [0, 0.1) is 0 Å². The van der Waals surface area contributed by atoms with E-state index >= 15 is 0 Å². The van der Waals surface area contributed by atoms with Gasteiger partial charge in [-0.1, -0.05) is 54.0 Å². The summed E-state index contributed by atoms with van der Waals surface area (Å²) < 4.78 is 16.5. The van der Waals surface area contributed by atoms with Gasteiger partial charge in [-0.3, -0.25) is 14.4 Å². The average Bonchev–Trinajstić information content (AvgIpc) is 2.98. The van der Waals surface area contributed by atoms with Gasteiger partial charge in [-0.15, -0.1) is 0 Å². The first-order valence-corrected chi connectivity index (χ1v) is 14.1. The SMILES string of the molecule is C.C.C.C.COC(=O)[C@@H]1Cc2ccc(cc2)OCC=CCOc2ccc(cc2)C[C@H](NC(C)=O)C(=O)N[C@H](CCCC[NH3+])C(=O)N1.[Cl-]. The molecule has 3 amide bonds. The standard InChI is InChI=1S/C31H40N4O7.4CH4.ClH/c1-21(36)33-27-19-22-8-12-24(13-9-22)41-17-5-6-18-42-25-14-10-23(11-15-25)20-28(31(39)40-2)35-29(37)26(34-30(27)38)7-3-4-16-32;;;;;/h5-6,8-15,26-28H,3-4,7,16-20,32H2,1-2H3,(H,33,36)(H,34,38)(H,35,37);4*1H4;1H/t26-,27+,28+;;;;;/m1...../s1. The number of quaternary nitrogens is 1. The molecule has 47 heavy (non-hydrogen) atoms. The predicted octanol–water partition coefficient (Wildman–Crippen LogP) is 0.407. The number of hydrogen-bond acceptors (Lipinski definition) is 7. The first-order chi connectivity index (χ1) is 20.3. The summed E-state index contributed by atoms with van der Waals surface area (Å²) in [6, 6.07) is 11.6. The van der Waals surface area contributed by atoms with E-state index in [0.717, 1.165) is 17.5 Å². The van der Waals surface area contributed by atoms with Crippen molar-refractivity contribution in [1.82, 2.24) is 16.0 Å². The first kappa shape index (κ1) is 47.3. The number of carbonyl (C=O) groups is 4. The molecule has 0 aromatic heterocycles. The van der Waals surface area contributed by atoms with E-state index in [0.29, 0.717) is 44.1 Å². The molecular weight excluding hydrogens is 624 g/mol. The number of ether oxygens (including phenoxy) is 3. The molecule has 4 aliphatic rings. The number of unbranched alkanes of at least 4 members (excludes halogenated alkanes) is 1. The number of benzene rings is 2. The number of hydrogen-bond donors (Lipinski definition) is 4. The summed E-state index contributed by atoms with van der Waals surface area (Å²) in [4.78, 5) is 51.5. The highest BCUT2D eigenvalue weighted by atomic mass is 35.5. The van der Waals surface area contributed by atoms with E-state index in [9.17, 15) is 19.2 Å². The van der Waals surface area contributed by atoms with Crippen LogP contribution < -0.4 is 43.6 Å². The summed E-state index contributed by atoms with van der Waals surface area (Å²) in [5.41, 5.74) is 5.43. The van der Waals surface area contributed by atoms with Crippen molar-refractivity contribution in [3.63, 3.8) is 0 Å². The minimum absolute atomic E-state index is 0. The zero-order valence-corrected chi connectivity index (χ0v) is 25.4. The normalized spacial score (nSPS) is 17.9. The van der Waals surface area contributed by atoms with Crippen LogP contribution >= 0.6 is 0 Å². The smallest absolute Gasteiger partial charge is 0.328 e. The summed E-state index contributed by atoms with van der Waals surface area (Å²) >= 11 is 0. The molecule has 6 N–H and O–H groups in total. The maximum absolute atomic E-state index is 13.5. The molecule has 0 radical (unpaired) electrons. The fourth-order valence-electron chi connectivity index (χ4n) is 4.47. The first-order valence-electron chi connectivity index (χ1n) is 14.1. The van der Waals surface area contributed by atoms with Gasteiger partial charge >= 0.3 is 5.97 Å². The molecule has 4 bridgehead atoms. The number of esters is 1. The predicted molar refractivity (Wildman–Crippen MR) is 182 cm³/mol. The Bertz CT molecular complexity index is 1220. The Kier molecular flexibility index (Phi) is 25.2. The monoisotopic (exact) mass is 680 g/mol. The lowest BCUT2D eigenvalue weighted by Gasteiger charge is -2.25. The largest absolute Gasteiger partial charge is 1.00 e. The second kappa shape index (κ2) is 25.1. The zero-order valence-electron chi connectivity index (χ0n) is 24.6. The minimum atomic E-state index is -0.976. The van der Waals surface area contributed by atoms with Crippen LogP contribution in [0.2, 0.25) is 0 Å². The molecule has 11 nitrogen and oxygen atoms in total. The highest BCUT2D eigenvalue weighted by Gasteiger charge is 2.30. The van der Waals surface area contributed by atoms with Gasteiger partial charge in [-0.05, 0) is 66.8 Å². The third-order valence-electron chi connectivity index (χ3n) is 6.71. The Morgan fingerprint density at radius 3 is 1.81 bits per heavy atom. The van der Waals surface area contributed by atoms with Crippen LogP contribution in [0.3, 0.4) is 0 Å². The fourth-order valence-corrected chi connectivity index (χ4v) is 4.47. The highest BCUT2D eigenvalue weighted by Crippen LogP contribution is 2.16. The molecular formula is C35H57ClN4O7. The molecule has 0 saturated carbocycles. The number of halogens is 1. The Hall–Kier alpha value is -4.09. The van der Waals surface area contributed by atoms with Crippen molar-refractivity contribution in [2.24, 2.45) is 0 Å². The minimum Gasteiger partial charge on any atom is -1.00 e. The van der Waals surface area contributed by atoms with E-state index in [2.05, 4.69) is 21.7 Å². The zero-order chi connectivity index (χ0) is 30.3. The summed E-state index contributed by atoms with van der Waals surface area (Å²) in [7, 11) is 1.26. The molecule has 3 atom stereocenters. The van der Waals surface area contributed by atoms with E-state index in [-0.39, 0.29) is 60.9 Å². The lowest BCUT2D eigenvalue weighted by atomic mass is 10.0. The number of carbonyl (C=O) groups excluding carboxylic acids is 4. The van der Waals surface area contributed by atoms with Crippen LogP contribution in [0.25, 0.3) is 0 Å². The van der Waals surface area contributed by atoms with Gasteiger partial charge in [0.1, 0.15) is 42.8 Å². The van der Waals surface area contributed by atoms with Crippen LogP contribution in [-0.4, -0.2) is 68.7 Å². The molecule has 266 valence electrons. The topological polar surface area (TPSA) is 160 Å². The fraction of sp³-hybridized carbons (Fsp3) is 0.486. The van der Waals surface area contributed by atoms with Crippen molar-refractivity contribution in [3.05, 3.63) is 71.8 Å². The summed E-state index contributed by atoms with van der Waals surface area (Å²) in [5, 5.41) is 8.25. The van der Waals surface area contributed by atoms with Crippen LogP contribution in [0.15, 0.2) is 60.7 Å². The Balaban J connectivity index is -0.00000387. The van der Waals surface area contributed by atoms with E-state index < -0.39 is 35.9 Å². The Morgan fingerprint density at radius 2 is 1.34 bits per heavy atom. The van der Waals surface area contributed by atoms with E-state index in [1.807, 2.05) is 36.4 Å². The highest BCUT2D eigenvalue weighted by molar-refractivity contribution is 5.93. The number of nitrogens with one attached hydrogen (secondary N) is 3. The quantitative estimate of drug-likeness (QED) is 0.195. The van der Waals surface area contributed by atoms with Gasteiger partial charge in [0.15, 0.2) is 0 Å². The number of methoxy groups -OCH3 is 1. The van der Waals surface area contributed by atoms with Gasteiger partial charge in [0.05, 0.1) is 13.7 Å². The molecule has 12 heteroatoms. The van der Waals surface area contributed by atoms with Gasteiger partial charge in [0.2, 0.25) is 17.7 Å². The van der Waals surface area contributed by atoms with Crippen LogP contribution in [-0.2, 0) is 36.8 Å². The molecule has 0 saturated heterocycles. The lowest BCUT2D eigenvalue weighted by molar-refractivity contribution is -0.368. The van der Waals surface area contributed by atoms with Gasteiger partial charge in [0, 0.05) is 19.8 Å². The Labute approximate surface area is 287 Å². The molecule has 6 rings (SSSR count). The summed E-state index contributed by atoms with van der Waals surface area (Å²) in [5.74, 6) is -0.702. The van der Waals surface area contributed by atoms with Crippen molar-refractivity contribution in [2.45, 2.75) is 86.9 Å². The summed E-state index contributed by atoms with van der Waals surface area (Å²) in [6.07, 6.45) is 5.81. The number of amides is 3. The summed E-state index contributed by atoms with van der Waals surface area (Å²) in [6.45, 7) is 2.71. The van der Waals surface area contributed by atoms with Crippen LogP contribution in [0.1, 0.15) is 67.0 Å². The van der Waals surface area contributed by atoms with E-state index in [1.54, 1.807) is 24.3 Å². The lowest BCUT2D eigenvalue weighted by Crippen LogP contribution is -3.00. The molecule has 2 aromatic rings. The van der Waals surface area contributed by atoms with E-state index in [1.165, 1.54) is 14.0 Å². The third kappa shape index (κ3) is 16.3. The van der Waals surface area contributed by atoms with Gasteiger partial charge in [-0.2, -0.15) is 0 Å². The maximum atomic E-state index is 13.5. The maximum Gasteiger partial charge on any atom is 0.328 e. The molecule has 2 aromatic carbocycles. The second-order valence-corrected chi connectivity index (χ2v) is 10.0. The van der Waals surface area contributed by atoms with Crippen molar-refractivity contribution in [3.8, 4) is 11.5 Å². The molecule has 0 fully saturated rings. The average molecular weight is 681 g/mol. The number of rotatable bonds is 6. The van der Waals surface area contributed by atoms with Crippen molar-refractivity contribution >= 4 is 23.7 Å². The Morgan fingerprint density at radius 1 is 0.830 bits per heavy atom. The van der Waals surface area contributed by atoms with Gasteiger partial charge in [0.25, 0.3) is 0 Å². The van der Waals surface area contributed by atoms with Crippen LogP contribution in [0.4, 0.5) is 0 Å².